The summed E-state index contributed by atoms with van der Waals surface area (Å²) in [7, 11) is -3.55. The van der Waals surface area contributed by atoms with Crippen molar-refractivity contribution >= 4 is 27.3 Å². The van der Waals surface area contributed by atoms with Crippen molar-refractivity contribution in [2.24, 2.45) is 0 Å². The highest BCUT2D eigenvalue weighted by Gasteiger charge is 2.32. The molecule has 0 aliphatic carbocycles. The number of rotatable bonds is 3. The topological polar surface area (TPSA) is 57.7 Å². The van der Waals surface area contributed by atoms with E-state index in [2.05, 4.69) is 0 Å². The second-order valence-corrected chi connectivity index (χ2v) is 10.00. The molecule has 2 aromatic rings. The van der Waals surface area contributed by atoms with Crippen molar-refractivity contribution in [3.05, 3.63) is 50.7 Å². The van der Waals surface area contributed by atoms with Gasteiger partial charge in [-0.3, -0.25) is 4.79 Å². The van der Waals surface area contributed by atoms with Crippen LogP contribution < -0.4 is 0 Å². The Labute approximate surface area is 159 Å². The zero-order valence-electron chi connectivity index (χ0n) is 15.6. The number of thiophene rings is 1. The SMILES string of the molecule is Cc1cc(C)c(S(=O)(=O)N2CCN(C(=O)c3ccc(C)s3)CC2)c(C)c1. The number of sulfonamides is 1. The van der Waals surface area contributed by atoms with Gasteiger partial charge in [-0.15, -0.1) is 11.3 Å². The molecule has 1 aliphatic heterocycles. The lowest BCUT2D eigenvalue weighted by atomic mass is 10.1. The number of benzene rings is 1. The average Bonchev–Trinajstić information content (AvgIpc) is 2.99. The van der Waals surface area contributed by atoms with Crippen LogP contribution in [-0.4, -0.2) is 49.7 Å². The van der Waals surface area contributed by atoms with Gasteiger partial charge in [-0.05, 0) is 51.0 Å². The third-order valence-electron chi connectivity index (χ3n) is 4.68. The molecule has 0 atom stereocenters. The van der Waals surface area contributed by atoms with Gasteiger partial charge in [0.1, 0.15) is 0 Å². The van der Waals surface area contributed by atoms with Gasteiger partial charge < -0.3 is 4.90 Å². The van der Waals surface area contributed by atoms with E-state index in [1.54, 1.807) is 4.90 Å². The third kappa shape index (κ3) is 3.56. The van der Waals surface area contributed by atoms with Crippen molar-refractivity contribution in [3.63, 3.8) is 0 Å². The van der Waals surface area contributed by atoms with Gasteiger partial charge in [-0.2, -0.15) is 4.31 Å². The van der Waals surface area contributed by atoms with Gasteiger partial charge in [0, 0.05) is 31.1 Å². The molecule has 0 radical (unpaired) electrons. The fraction of sp³-hybridized carbons (Fsp3) is 0.421. The Morgan fingerprint density at radius 1 is 0.962 bits per heavy atom. The molecule has 0 spiro atoms. The Morgan fingerprint density at radius 3 is 2.04 bits per heavy atom. The van der Waals surface area contributed by atoms with Crippen molar-refractivity contribution in [1.82, 2.24) is 9.21 Å². The first-order chi connectivity index (χ1) is 12.2. The summed E-state index contributed by atoms with van der Waals surface area (Å²) in [4.78, 5) is 16.5. The third-order valence-corrected chi connectivity index (χ3v) is 7.87. The van der Waals surface area contributed by atoms with Crippen LogP contribution in [0.3, 0.4) is 0 Å². The summed E-state index contributed by atoms with van der Waals surface area (Å²) in [6.07, 6.45) is 0. The van der Waals surface area contributed by atoms with Crippen LogP contribution >= 0.6 is 11.3 Å². The number of carbonyl (C=O) groups excluding carboxylic acids is 1. The molecular formula is C19H24N2O3S2. The molecule has 7 heteroatoms. The Morgan fingerprint density at radius 2 is 1.54 bits per heavy atom. The summed E-state index contributed by atoms with van der Waals surface area (Å²) in [6.45, 7) is 9.09. The van der Waals surface area contributed by atoms with Gasteiger partial charge in [-0.1, -0.05) is 17.7 Å². The Hall–Kier alpha value is -1.70. The van der Waals surface area contributed by atoms with Crippen molar-refractivity contribution < 1.29 is 13.2 Å². The number of piperazine rings is 1. The lowest BCUT2D eigenvalue weighted by Gasteiger charge is -2.34. The standard InChI is InChI=1S/C19H24N2O3S2/c1-13-11-14(2)18(15(3)12-13)26(23,24)21-9-7-20(8-10-21)19(22)17-6-5-16(4)25-17/h5-6,11-12H,7-10H2,1-4H3. The monoisotopic (exact) mass is 392 g/mol. The zero-order valence-corrected chi connectivity index (χ0v) is 17.2. The number of aryl methyl sites for hydroxylation is 4. The maximum Gasteiger partial charge on any atom is 0.264 e. The zero-order chi connectivity index (χ0) is 19.1. The summed E-state index contributed by atoms with van der Waals surface area (Å²) < 4.78 is 27.7. The molecule has 5 nitrogen and oxygen atoms in total. The van der Waals surface area contributed by atoms with Crippen LogP contribution in [0.4, 0.5) is 0 Å². The lowest BCUT2D eigenvalue weighted by molar-refractivity contribution is 0.0702. The summed E-state index contributed by atoms with van der Waals surface area (Å²) in [5.74, 6) is -0.0113. The summed E-state index contributed by atoms with van der Waals surface area (Å²) in [5.41, 5.74) is 2.60. The van der Waals surface area contributed by atoms with Crippen LogP contribution in [0.5, 0.6) is 0 Å². The van der Waals surface area contributed by atoms with Crippen LogP contribution in [0.25, 0.3) is 0 Å². The Kier molecular flexibility index (Phi) is 5.23. The maximum absolute atomic E-state index is 13.1. The molecule has 1 aromatic heterocycles. The fourth-order valence-electron chi connectivity index (χ4n) is 3.54. The normalized spacial score (nSPS) is 16.1. The van der Waals surface area contributed by atoms with E-state index in [1.165, 1.54) is 15.6 Å². The molecule has 2 heterocycles. The van der Waals surface area contributed by atoms with Crippen LogP contribution in [0.15, 0.2) is 29.2 Å². The smallest absolute Gasteiger partial charge is 0.264 e. The van der Waals surface area contributed by atoms with E-state index in [1.807, 2.05) is 52.0 Å². The Bertz CT molecular complexity index is 916. The molecule has 0 N–H and O–H groups in total. The second kappa shape index (κ2) is 7.13. The first-order valence-electron chi connectivity index (χ1n) is 8.64. The molecule has 0 bridgehead atoms. The van der Waals surface area contributed by atoms with Crippen LogP contribution in [0, 0.1) is 27.7 Å². The number of hydrogen-bond acceptors (Lipinski definition) is 4. The summed E-state index contributed by atoms with van der Waals surface area (Å²) in [5, 5.41) is 0. The first kappa shape index (κ1) is 19.1. The minimum absolute atomic E-state index is 0.0113. The first-order valence-corrected chi connectivity index (χ1v) is 10.9. The fourth-order valence-corrected chi connectivity index (χ4v) is 6.21. The number of hydrogen-bond donors (Lipinski definition) is 0. The van der Waals surface area contributed by atoms with E-state index in [-0.39, 0.29) is 5.91 Å². The van der Waals surface area contributed by atoms with Gasteiger partial charge in [0.2, 0.25) is 10.0 Å². The molecule has 140 valence electrons. The van der Waals surface area contributed by atoms with E-state index < -0.39 is 10.0 Å². The van der Waals surface area contributed by atoms with Gasteiger partial charge in [-0.25, -0.2) is 8.42 Å². The number of nitrogens with zero attached hydrogens (tertiary/aromatic N) is 2. The molecule has 1 saturated heterocycles. The number of carbonyl (C=O) groups is 1. The predicted molar refractivity (Wildman–Crippen MR) is 104 cm³/mol. The highest BCUT2D eigenvalue weighted by molar-refractivity contribution is 7.89. The molecule has 26 heavy (non-hydrogen) atoms. The quantitative estimate of drug-likeness (QED) is 0.806. The van der Waals surface area contributed by atoms with E-state index in [0.29, 0.717) is 36.0 Å². The summed E-state index contributed by atoms with van der Waals surface area (Å²) in [6, 6.07) is 7.57. The molecule has 0 unspecified atom stereocenters. The van der Waals surface area contributed by atoms with Crippen LogP contribution in [-0.2, 0) is 10.0 Å². The van der Waals surface area contributed by atoms with Gasteiger partial charge >= 0.3 is 0 Å². The lowest BCUT2D eigenvalue weighted by Crippen LogP contribution is -2.50. The average molecular weight is 393 g/mol. The molecule has 1 aromatic carbocycles. The molecule has 0 saturated carbocycles. The van der Waals surface area contributed by atoms with Crippen molar-refractivity contribution in [1.29, 1.82) is 0 Å². The molecular weight excluding hydrogens is 368 g/mol. The summed E-state index contributed by atoms with van der Waals surface area (Å²) >= 11 is 1.47. The van der Waals surface area contributed by atoms with Crippen LogP contribution in [0.2, 0.25) is 0 Å². The minimum atomic E-state index is -3.55. The highest BCUT2D eigenvalue weighted by atomic mass is 32.2. The molecule has 1 amide bonds. The second-order valence-electron chi connectivity index (χ2n) is 6.83. The van der Waals surface area contributed by atoms with E-state index in [4.69, 9.17) is 0 Å². The highest BCUT2D eigenvalue weighted by Crippen LogP contribution is 2.26. The largest absolute Gasteiger partial charge is 0.335 e. The van der Waals surface area contributed by atoms with E-state index in [9.17, 15) is 13.2 Å². The van der Waals surface area contributed by atoms with Gasteiger partial charge in [0.05, 0.1) is 9.77 Å². The minimum Gasteiger partial charge on any atom is -0.335 e. The maximum atomic E-state index is 13.1. The van der Waals surface area contributed by atoms with Crippen molar-refractivity contribution in [2.75, 3.05) is 26.2 Å². The molecule has 3 rings (SSSR count). The number of amides is 1. The molecule has 1 aliphatic rings. The Balaban J connectivity index is 1.76. The van der Waals surface area contributed by atoms with Crippen molar-refractivity contribution in [3.8, 4) is 0 Å². The van der Waals surface area contributed by atoms with Crippen LogP contribution in [0.1, 0.15) is 31.2 Å². The van der Waals surface area contributed by atoms with Crippen molar-refractivity contribution in [2.45, 2.75) is 32.6 Å². The van der Waals surface area contributed by atoms with Gasteiger partial charge in [0.15, 0.2) is 0 Å². The predicted octanol–water partition coefficient (Wildman–Crippen LogP) is 3.13. The van der Waals surface area contributed by atoms with E-state index in [0.717, 1.165) is 21.6 Å². The van der Waals surface area contributed by atoms with E-state index >= 15 is 0 Å². The van der Waals surface area contributed by atoms with Gasteiger partial charge in [0.25, 0.3) is 5.91 Å². The molecule has 1 fully saturated rings.